The smallest absolute Gasteiger partial charge is 0.293 e. The first-order chi connectivity index (χ1) is 26.5. The number of allylic oxidation sites excluding steroid dienone is 1. The molecule has 0 N–H and O–H groups in total. The SMILES string of the molecule is CC1(C)C(/C=C/c2ccc3c(c2)C2CCCC2N3c2ccc(C=C(c3ccccc3)c3ccccc3)cc2)=[N+](CCOC=O)c2ccc3ccccc3c21. The van der Waals surface area contributed by atoms with Crippen molar-refractivity contribution in [2.75, 3.05) is 18.1 Å². The molecule has 1 fully saturated rings. The molecule has 2 heterocycles. The average Bonchev–Trinajstić information content (AvgIpc) is 3.87. The van der Waals surface area contributed by atoms with Crippen LogP contribution in [0.15, 0.2) is 146 Å². The van der Waals surface area contributed by atoms with Gasteiger partial charge in [-0.1, -0.05) is 110 Å². The van der Waals surface area contributed by atoms with E-state index in [1.165, 1.54) is 91.8 Å². The molecule has 4 heteroatoms. The Kier molecular flexibility index (Phi) is 8.83. The summed E-state index contributed by atoms with van der Waals surface area (Å²) in [6.07, 6.45) is 10.6. The van der Waals surface area contributed by atoms with Crippen molar-refractivity contribution < 1.29 is 14.1 Å². The van der Waals surface area contributed by atoms with Crippen molar-refractivity contribution in [3.05, 3.63) is 179 Å². The number of rotatable bonds is 10. The van der Waals surface area contributed by atoms with Crippen molar-refractivity contribution in [2.24, 2.45) is 0 Å². The normalized spacial score (nSPS) is 18.1. The van der Waals surface area contributed by atoms with E-state index in [0.717, 1.165) is 0 Å². The molecular weight excluding hydrogens is 661 g/mol. The summed E-state index contributed by atoms with van der Waals surface area (Å²) in [7, 11) is 0. The first-order valence-corrected chi connectivity index (χ1v) is 19.3. The number of fused-ring (bicyclic) bond motifs is 6. The van der Waals surface area contributed by atoms with Crippen molar-refractivity contribution in [3.63, 3.8) is 0 Å². The number of anilines is 2. The number of ether oxygens (including phenoxy) is 1. The number of carbonyl (C=O) groups is 1. The highest BCUT2D eigenvalue weighted by Crippen LogP contribution is 2.52. The summed E-state index contributed by atoms with van der Waals surface area (Å²) >= 11 is 0. The zero-order valence-corrected chi connectivity index (χ0v) is 31.0. The first kappa shape index (κ1) is 33.8. The van der Waals surface area contributed by atoms with Gasteiger partial charge >= 0.3 is 0 Å². The Labute approximate surface area is 318 Å². The molecule has 0 amide bonds. The lowest BCUT2D eigenvalue weighted by Gasteiger charge is -2.27. The quantitative estimate of drug-likeness (QED) is 0.0616. The van der Waals surface area contributed by atoms with E-state index in [1.54, 1.807) is 0 Å². The highest BCUT2D eigenvalue weighted by Gasteiger charge is 2.46. The second-order valence-electron chi connectivity index (χ2n) is 15.3. The zero-order valence-electron chi connectivity index (χ0n) is 31.0. The van der Waals surface area contributed by atoms with Crippen LogP contribution < -0.4 is 4.90 Å². The Morgan fingerprint density at radius 3 is 2.22 bits per heavy atom. The van der Waals surface area contributed by atoms with Crippen LogP contribution in [0.2, 0.25) is 0 Å². The minimum atomic E-state index is -0.234. The fourth-order valence-electron chi connectivity index (χ4n) is 9.42. The van der Waals surface area contributed by atoms with Gasteiger partial charge in [0.1, 0.15) is 6.61 Å². The van der Waals surface area contributed by atoms with Crippen LogP contribution in [-0.2, 0) is 14.9 Å². The third-order valence-corrected chi connectivity index (χ3v) is 11.9. The Morgan fingerprint density at radius 2 is 1.48 bits per heavy atom. The fourth-order valence-corrected chi connectivity index (χ4v) is 9.42. The molecule has 9 rings (SSSR count). The molecule has 2 unspecified atom stereocenters. The molecule has 2 aliphatic heterocycles. The number of hydrogen-bond acceptors (Lipinski definition) is 3. The summed E-state index contributed by atoms with van der Waals surface area (Å²) in [5.41, 5.74) is 13.6. The lowest BCUT2D eigenvalue weighted by Crippen LogP contribution is -2.28. The molecule has 266 valence electrons. The van der Waals surface area contributed by atoms with Crippen LogP contribution in [0.25, 0.3) is 28.5 Å². The number of nitrogens with zero attached hydrogens (tertiary/aromatic N) is 2. The van der Waals surface area contributed by atoms with E-state index in [2.05, 4.69) is 181 Å². The van der Waals surface area contributed by atoms with Crippen molar-refractivity contribution >= 4 is 57.7 Å². The maximum atomic E-state index is 11.1. The molecule has 1 aliphatic carbocycles. The van der Waals surface area contributed by atoms with Crippen LogP contribution >= 0.6 is 0 Å². The predicted octanol–water partition coefficient (Wildman–Crippen LogP) is 11.5. The molecule has 0 spiro atoms. The number of hydrogen-bond donors (Lipinski definition) is 0. The third kappa shape index (κ3) is 5.96. The van der Waals surface area contributed by atoms with Gasteiger partial charge < -0.3 is 9.64 Å². The summed E-state index contributed by atoms with van der Waals surface area (Å²) in [6.45, 7) is 6.10. The highest BCUT2D eigenvalue weighted by atomic mass is 16.5. The molecule has 2 atom stereocenters. The van der Waals surface area contributed by atoms with Gasteiger partial charge in [-0.3, -0.25) is 4.79 Å². The second kappa shape index (κ2) is 14.1. The Hall–Kier alpha value is -6.00. The van der Waals surface area contributed by atoms with E-state index >= 15 is 0 Å². The van der Waals surface area contributed by atoms with Crippen LogP contribution in [0.4, 0.5) is 17.1 Å². The van der Waals surface area contributed by atoms with Gasteiger partial charge in [-0.2, -0.15) is 4.58 Å². The molecule has 6 aromatic rings. The standard InChI is InChI=1S/C50H45N2O2/c1-50(2)48(51(30-31-54-34-53)47-28-24-39-16-9-10-17-41(39)49(47)50)29-23-36-22-27-46-44(33-36)42-18-11-19-45(42)52(46)40-25-20-35(21-26-40)32-43(37-12-5-3-6-13-37)38-14-7-4-8-15-38/h3-10,12-17,20-29,32-34,42,45H,11,18-19,30-31H2,1-2H3/q+1. The van der Waals surface area contributed by atoms with Crippen LogP contribution in [-0.4, -0.2) is 36.0 Å². The Bertz CT molecular complexity index is 2400. The fraction of sp³-hybridized carbons (Fsp3) is 0.200. The van der Waals surface area contributed by atoms with Gasteiger partial charge in [-0.25, -0.2) is 0 Å². The van der Waals surface area contributed by atoms with Gasteiger partial charge in [0.25, 0.3) is 6.47 Å². The summed E-state index contributed by atoms with van der Waals surface area (Å²) in [6, 6.07) is 51.1. The third-order valence-electron chi connectivity index (χ3n) is 11.9. The van der Waals surface area contributed by atoms with Crippen LogP contribution in [0.1, 0.15) is 72.4 Å². The van der Waals surface area contributed by atoms with E-state index in [9.17, 15) is 4.79 Å². The topological polar surface area (TPSA) is 32.5 Å². The molecular formula is C50H45N2O2+. The van der Waals surface area contributed by atoms with Gasteiger partial charge in [0, 0.05) is 41.0 Å². The first-order valence-electron chi connectivity index (χ1n) is 19.3. The summed E-state index contributed by atoms with van der Waals surface area (Å²) < 4.78 is 7.55. The van der Waals surface area contributed by atoms with E-state index in [4.69, 9.17) is 4.74 Å². The lowest BCUT2D eigenvalue weighted by molar-refractivity contribution is -0.440. The average molecular weight is 706 g/mol. The van der Waals surface area contributed by atoms with Crippen molar-refractivity contribution in [1.29, 1.82) is 0 Å². The van der Waals surface area contributed by atoms with Gasteiger partial charge in [0.15, 0.2) is 12.3 Å². The van der Waals surface area contributed by atoms with Crippen molar-refractivity contribution in [1.82, 2.24) is 0 Å². The molecule has 4 nitrogen and oxygen atoms in total. The second-order valence-corrected chi connectivity index (χ2v) is 15.3. The van der Waals surface area contributed by atoms with Crippen LogP contribution in [0, 0.1) is 0 Å². The Balaban J connectivity index is 1.03. The molecule has 54 heavy (non-hydrogen) atoms. The maximum absolute atomic E-state index is 11.1. The van der Waals surface area contributed by atoms with Crippen LogP contribution in [0.5, 0.6) is 0 Å². The summed E-state index contributed by atoms with van der Waals surface area (Å²) in [4.78, 5) is 13.7. The van der Waals surface area contributed by atoms with E-state index in [0.29, 0.717) is 31.6 Å². The molecule has 0 radical (unpaired) electrons. The monoisotopic (exact) mass is 705 g/mol. The number of carbonyl (C=O) groups excluding carboxylic acids is 1. The molecule has 3 aliphatic rings. The van der Waals surface area contributed by atoms with Gasteiger partial charge in [0.05, 0.1) is 5.41 Å². The molecule has 0 saturated heterocycles. The van der Waals surface area contributed by atoms with E-state index in [1.807, 2.05) is 0 Å². The Morgan fingerprint density at radius 1 is 0.778 bits per heavy atom. The van der Waals surface area contributed by atoms with E-state index < -0.39 is 0 Å². The summed E-state index contributed by atoms with van der Waals surface area (Å²) in [5, 5.41) is 2.51. The highest BCUT2D eigenvalue weighted by molar-refractivity contribution is 6.09. The maximum Gasteiger partial charge on any atom is 0.293 e. The minimum absolute atomic E-state index is 0.234. The van der Waals surface area contributed by atoms with Crippen molar-refractivity contribution in [2.45, 2.75) is 50.5 Å². The minimum Gasteiger partial charge on any atom is -0.461 e. The largest absolute Gasteiger partial charge is 0.461 e. The predicted molar refractivity (Wildman–Crippen MR) is 223 cm³/mol. The van der Waals surface area contributed by atoms with Gasteiger partial charge in [-0.05, 0) is 113 Å². The van der Waals surface area contributed by atoms with Crippen LogP contribution in [0.3, 0.4) is 0 Å². The van der Waals surface area contributed by atoms with Gasteiger partial charge in [0.2, 0.25) is 5.69 Å². The zero-order chi connectivity index (χ0) is 36.6. The summed E-state index contributed by atoms with van der Waals surface area (Å²) in [5.74, 6) is 0.527. The van der Waals surface area contributed by atoms with Crippen molar-refractivity contribution in [3.8, 4) is 0 Å². The molecule has 1 saturated carbocycles. The molecule has 0 bridgehead atoms. The van der Waals surface area contributed by atoms with Gasteiger partial charge in [-0.15, -0.1) is 0 Å². The lowest BCUT2D eigenvalue weighted by atomic mass is 9.79. The number of benzene rings is 6. The molecule has 0 aromatic heterocycles. The molecule has 6 aromatic carbocycles. The van der Waals surface area contributed by atoms with E-state index in [-0.39, 0.29) is 5.41 Å².